The maximum absolute atomic E-state index is 2.40. The lowest BCUT2D eigenvalue weighted by Gasteiger charge is -2.10. The number of nitrogens with zero attached hydrogens (tertiary/aromatic N) is 2. The van der Waals surface area contributed by atoms with Crippen molar-refractivity contribution >= 4 is 43.5 Å². The number of rotatable bonds is 2. The molecule has 0 spiro atoms. The van der Waals surface area contributed by atoms with Crippen LogP contribution in [0.15, 0.2) is 121 Å². The first-order valence-electron chi connectivity index (χ1n) is 11.0. The van der Waals surface area contributed by atoms with Crippen molar-refractivity contribution in [2.24, 2.45) is 0 Å². The molecule has 0 aliphatic carbocycles. The molecule has 150 valence electrons. The molecule has 2 aromatic heterocycles. The molecule has 2 heterocycles. The van der Waals surface area contributed by atoms with Crippen molar-refractivity contribution in [3.05, 3.63) is 121 Å². The molecule has 2 heteroatoms. The first kappa shape index (κ1) is 17.4. The van der Waals surface area contributed by atoms with Crippen molar-refractivity contribution in [3.8, 4) is 11.4 Å². The van der Waals surface area contributed by atoms with Gasteiger partial charge < -0.3 is 9.13 Å². The average molecular weight is 409 g/mol. The van der Waals surface area contributed by atoms with Gasteiger partial charge in [-0.15, -0.1) is 0 Å². The Bertz CT molecular complexity index is 1770. The van der Waals surface area contributed by atoms with Crippen LogP contribution in [0.5, 0.6) is 0 Å². The molecule has 2 nitrogen and oxygen atoms in total. The Hall–Kier alpha value is -4.30. The summed E-state index contributed by atoms with van der Waals surface area (Å²) >= 11 is 0. The van der Waals surface area contributed by atoms with Crippen LogP contribution in [0.25, 0.3) is 54.9 Å². The van der Waals surface area contributed by atoms with E-state index >= 15 is 0 Å². The van der Waals surface area contributed by atoms with Crippen LogP contribution < -0.4 is 0 Å². The lowest BCUT2D eigenvalue weighted by Crippen LogP contribution is -1.94. The summed E-state index contributed by atoms with van der Waals surface area (Å²) in [6.07, 6.45) is 2.17. The molecule has 0 saturated heterocycles. The summed E-state index contributed by atoms with van der Waals surface area (Å²) in [5.74, 6) is 0. The maximum Gasteiger partial charge on any atom is 0.0548 e. The van der Waals surface area contributed by atoms with E-state index in [1.165, 1.54) is 54.9 Å². The summed E-state index contributed by atoms with van der Waals surface area (Å²) in [4.78, 5) is 0. The summed E-state index contributed by atoms with van der Waals surface area (Å²) in [6, 6.07) is 41.4. The number of hydrogen-bond acceptors (Lipinski definition) is 0. The Morgan fingerprint density at radius 2 is 1.19 bits per heavy atom. The Morgan fingerprint density at radius 3 is 2.09 bits per heavy atom. The van der Waals surface area contributed by atoms with Gasteiger partial charge in [-0.2, -0.15) is 0 Å². The molecule has 0 bridgehead atoms. The van der Waals surface area contributed by atoms with E-state index in [-0.39, 0.29) is 0 Å². The van der Waals surface area contributed by atoms with E-state index in [0.29, 0.717) is 0 Å². The van der Waals surface area contributed by atoms with Gasteiger partial charge in [-0.1, -0.05) is 66.7 Å². The lowest BCUT2D eigenvalue weighted by atomic mass is 10.1. The van der Waals surface area contributed by atoms with Crippen molar-refractivity contribution in [1.82, 2.24) is 9.13 Å². The second-order valence-electron chi connectivity index (χ2n) is 8.33. The fourth-order valence-corrected chi connectivity index (χ4v) is 5.00. The Morgan fingerprint density at radius 1 is 0.406 bits per heavy atom. The number of para-hydroxylation sites is 2. The van der Waals surface area contributed by atoms with Gasteiger partial charge in [-0.05, 0) is 59.3 Å². The minimum atomic E-state index is 1.18. The maximum atomic E-state index is 2.40. The number of benzene rings is 5. The van der Waals surface area contributed by atoms with E-state index in [1.807, 2.05) is 0 Å². The molecule has 32 heavy (non-hydrogen) atoms. The zero-order valence-electron chi connectivity index (χ0n) is 17.4. The molecule has 0 aliphatic rings. The lowest BCUT2D eigenvalue weighted by molar-refractivity contribution is 1.13. The Kier molecular flexibility index (Phi) is 3.58. The molecular formula is C30H20N2. The highest BCUT2D eigenvalue weighted by atomic mass is 15.0. The van der Waals surface area contributed by atoms with Crippen LogP contribution in [0, 0.1) is 0 Å². The van der Waals surface area contributed by atoms with Crippen molar-refractivity contribution in [2.45, 2.75) is 0 Å². The fraction of sp³-hybridized carbons (Fsp3) is 0. The number of aromatic nitrogens is 2. The third-order valence-electron chi connectivity index (χ3n) is 6.51. The molecule has 0 unspecified atom stereocenters. The predicted octanol–water partition coefficient (Wildman–Crippen LogP) is 7.88. The summed E-state index contributed by atoms with van der Waals surface area (Å²) in [7, 11) is 0. The van der Waals surface area contributed by atoms with Gasteiger partial charge in [0.25, 0.3) is 0 Å². The van der Waals surface area contributed by atoms with Crippen molar-refractivity contribution < 1.29 is 0 Å². The fourth-order valence-electron chi connectivity index (χ4n) is 5.00. The minimum absolute atomic E-state index is 1.18. The molecule has 0 amide bonds. The Balaban J connectivity index is 1.57. The quantitative estimate of drug-likeness (QED) is 0.275. The van der Waals surface area contributed by atoms with E-state index in [9.17, 15) is 0 Å². The normalized spacial score (nSPS) is 11.8. The van der Waals surface area contributed by atoms with Gasteiger partial charge >= 0.3 is 0 Å². The summed E-state index contributed by atoms with van der Waals surface area (Å²) < 4.78 is 4.67. The summed E-state index contributed by atoms with van der Waals surface area (Å²) in [5, 5.41) is 6.31. The summed E-state index contributed by atoms with van der Waals surface area (Å²) in [5.41, 5.74) is 6.07. The average Bonchev–Trinajstić information content (AvgIpc) is 3.41. The monoisotopic (exact) mass is 408 g/mol. The molecule has 7 aromatic rings. The third kappa shape index (κ3) is 2.47. The highest BCUT2D eigenvalue weighted by molar-refractivity contribution is 6.13. The van der Waals surface area contributed by atoms with Gasteiger partial charge in [0.2, 0.25) is 0 Å². The highest BCUT2D eigenvalue weighted by Crippen LogP contribution is 2.36. The van der Waals surface area contributed by atoms with E-state index < -0.39 is 0 Å². The number of hydrogen-bond donors (Lipinski definition) is 0. The minimum Gasteiger partial charge on any atom is -0.317 e. The van der Waals surface area contributed by atoms with Gasteiger partial charge in [0, 0.05) is 33.7 Å². The zero-order valence-corrected chi connectivity index (χ0v) is 17.4. The van der Waals surface area contributed by atoms with Crippen molar-refractivity contribution in [2.75, 3.05) is 0 Å². The van der Waals surface area contributed by atoms with E-state index in [4.69, 9.17) is 0 Å². The third-order valence-corrected chi connectivity index (χ3v) is 6.51. The second-order valence-corrected chi connectivity index (χ2v) is 8.33. The standard InChI is InChI=1S/C30H20N2/c1-2-10-24(11-3-1)31-17-16-23-19-30-27(20-29(23)31)26-12-6-7-13-28(26)32(30)25-15-14-21-8-4-5-9-22(21)18-25/h1-20H. The van der Waals surface area contributed by atoms with Gasteiger partial charge in [-0.25, -0.2) is 0 Å². The van der Waals surface area contributed by atoms with Crippen molar-refractivity contribution in [1.29, 1.82) is 0 Å². The Labute approximate surface area is 185 Å². The van der Waals surface area contributed by atoms with Crippen LogP contribution >= 0.6 is 0 Å². The van der Waals surface area contributed by atoms with Crippen LogP contribution in [0.1, 0.15) is 0 Å². The smallest absolute Gasteiger partial charge is 0.0548 e. The van der Waals surface area contributed by atoms with E-state index in [0.717, 1.165) is 0 Å². The van der Waals surface area contributed by atoms with Crippen LogP contribution in [0.2, 0.25) is 0 Å². The molecule has 5 aromatic carbocycles. The summed E-state index contributed by atoms with van der Waals surface area (Å²) in [6.45, 7) is 0. The van der Waals surface area contributed by atoms with Gasteiger partial charge in [0.1, 0.15) is 0 Å². The van der Waals surface area contributed by atoms with Gasteiger partial charge in [0.05, 0.1) is 16.6 Å². The second kappa shape index (κ2) is 6.60. The molecule has 0 radical (unpaired) electrons. The van der Waals surface area contributed by atoms with Gasteiger partial charge in [-0.3, -0.25) is 0 Å². The molecule has 0 N–H and O–H groups in total. The van der Waals surface area contributed by atoms with E-state index in [2.05, 4.69) is 131 Å². The number of fused-ring (bicyclic) bond motifs is 5. The molecular weight excluding hydrogens is 388 g/mol. The van der Waals surface area contributed by atoms with Crippen molar-refractivity contribution in [3.63, 3.8) is 0 Å². The van der Waals surface area contributed by atoms with Gasteiger partial charge in [0.15, 0.2) is 0 Å². The predicted molar refractivity (Wildman–Crippen MR) is 135 cm³/mol. The molecule has 0 atom stereocenters. The van der Waals surface area contributed by atoms with E-state index in [1.54, 1.807) is 0 Å². The van der Waals surface area contributed by atoms with Crippen LogP contribution in [0.4, 0.5) is 0 Å². The molecule has 0 fully saturated rings. The first-order chi connectivity index (χ1) is 15.9. The van der Waals surface area contributed by atoms with Crippen LogP contribution in [-0.4, -0.2) is 9.13 Å². The van der Waals surface area contributed by atoms with Crippen LogP contribution in [0.3, 0.4) is 0 Å². The largest absolute Gasteiger partial charge is 0.317 e. The SMILES string of the molecule is c1ccc(-n2ccc3cc4c(cc32)c2ccccc2n4-c2ccc3ccccc3c2)cc1. The first-order valence-corrected chi connectivity index (χ1v) is 11.0. The highest BCUT2D eigenvalue weighted by Gasteiger charge is 2.15. The molecule has 7 rings (SSSR count). The van der Waals surface area contributed by atoms with Crippen LogP contribution in [-0.2, 0) is 0 Å². The zero-order chi connectivity index (χ0) is 21.1. The molecule has 0 saturated carbocycles. The molecule has 0 aliphatic heterocycles. The topological polar surface area (TPSA) is 9.86 Å².